The zero-order valence-corrected chi connectivity index (χ0v) is 12.5. The lowest BCUT2D eigenvalue weighted by Crippen LogP contribution is -2.34. The summed E-state index contributed by atoms with van der Waals surface area (Å²) in [6, 6.07) is 1.56. The number of nitrogens with zero attached hydrogens (tertiary/aromatic N) is 2. The molecule has 0 spiro atoms. The Morgan fingerprint density at radius 3 is 2.68 bits per heavy atom. The van der Waals surface area contributed by atoms with Gasteiger partial charge in [0.25, 0.3) is 15.0 Å². The van der Waals surface area contributed by atoms with Crippen LogP contribution < -0.4 is 0 Å². The number of hydrogen-bond acceptors (Lipinski definition) is 3. The summed E-state index contributed by atoms with van der Waals surface area (Å²) >= 11 is 0. The number of aryl methyl sites for hydroxylation is 1. The molecule has 0 aromatic carbocycles. The maximum atomic E-state index is 12.4. The summed E-state index contributed by atoms with van der Waals surface area (Å²) < 4.78 is 24.3. The number of amides is 1. The van der Waals surface area contributed by atoms with Crippen molar-refractivity contribution in [2.45, 2.75) is 44.2 Å². The fourth-order valence-electron chi connectivity index (χ4n) is 2.44. The lowest BCUT2D eigenvalue weighted by Gasteiger charge is -2.21. The van der Waals surface area contributed by atoms with Gasteiger partial charge in [0.15, 0.2) is 0 Å². The smallest absolute Gasteiger partial charge is 0.270 e. The molecule has 0 bridgehead atoms. The molecule has 1 atom stereocenters. The Morgan fingerprint density at radius 1 is 1.53 bits per heavy atom. The minimum absolute atomic E-state index is 0.0220. The van der Waals surface area contributed by atoms with Crippen molar-refractivity contribution < 1.29 is 13.2 Å². The van der Waals surface area contributed by atoms with Crippen molar-refractivity contribution in [1.29, 1.82) is 0 Å². The predicted octanol–water partition coefficient (Wildman–Crippen LogP) is 2.06. The zero-order chi connectivity index (χ0) is 14.2. The van der Waals surface area contributed by atoms with Crippen molar-refractivity contribution in [2.24, 2.45) is 0 Å². The maximum absolute atomic E-state index is 12.4. The molecule has 1 aliphatic rings. The van der Waals surface area contributed by atoms with E-state index in [0.717, 1.165) is 19.4 Å². The molecule has 0 N–H and O–H groups in total. The van der Waals surface area contributed by atoms with E-state index >= 15 is 0 Å². The van der Waals surface area contributed by atoms with Crippen molar-refractivity contribution >= 4 is 25.6 Å². The van der Waals surface area contributed by atoms with Crippen molar-refractivity contribution in [2.75, 3.05) is 6.54 Å². The summed E-state index contributed by atoms with van der Waals surface area (Å²) in [5.74, 6) is -0.126. The summed E-state index contributed by atoms with van der Waals surface area (Å²) in [5.41, 5.74) is 0.385. The Balaban J connectivity index is 2.39. The third-order valence-corrected chi connectivity index (χ3v) is 4.85. The van der Waals surface area contributed by atoms with Gasteiger partial charge in [-0.1, -0.05) is 0 Å². The summed E-state index contributed by atoms with van der Waals surface area (Å²) in [6.45, 7) is 5.10. The number of aromatic nitrogens is 1. The van der Waals surface area contributed by atoms with E-state index in [9.17, 15) is 13.2 Å². The van der Waals surface area contributed by atoms with Crippen LogP contribution in [0.4, 0.5) is 0 Å². The Kier molecular flexibility index (Phi) is 3.92. The van der Waals surface area contributed by atoms with Gasteiger partial charge in [0.05, 0.1) is 0 Å². The fourth-order valence-corrected chi connectivity index (χ4v) is 3.20. The first-order valence-corrected chi connectivity index (χ1v) is 8.61. The van der Waals surface area contributed by atoms with E-state index in [4.69, 9.17) is 10.7 Å². The van der Waals surface area contributed by atoms with Gasteiger partial charge in [0.2, 0.25) is 0 Å². The summed E-state index contributed by atoms with van der Waals surface area (Å²) in [7, 11) is 1.52. The van der Waals surface area contributed by atoms with E-state index in [0.29, 0.717) is 12.2 Å². The third kappa shape index (κ3) is 2.79. The van der Waals surface area contributed by atoms with Crippen molar-refractivity contribution in [3.63, 3.8) is 0 Å². The van der Waals surface area contributed by atoms with Gasteiger partial charge in [0, 0.05) is 36.0 Å². The minimum atomic E-state index is -3.80. The van der Waals surface area contributed by atoms with E-state index in [2.05, 4.69) is 0 Å². The zero-order valence-electron chi connectivity index (χ0n) is 11.0. The molecule has 1 aromatic rings. The molecule has 1 amide bonds. The lowest BCUT2D eigenvalue weighted by molar-refractivity contribution is 0.0736. The van der Waals surface area contributed by atoms with Gasteiger partial charge in [-0.25, -0.2) is 8.42 Å². The number of carbonyl (C=O) groups is 1. The summed E-state index contributed by atoms with van der Waals surface area (Å²) in [5, 5.41) is 0. The van der Waals surface area contributed by atoms with Crippen LogP contribution in [0, 0.1) is 0 Å². The highest BCUT2D eigenvalue weighted by Gasteiger charge is 2.29. The molecular weight excluding hydrogens is 288 g/mol. The molecule has 2 heterocycles. The van der Waals surface area contributed by atoms with Crippen LogP contribution in [-0.2, 0) is 15.6 Å². The number of halogens is 1. The van der Waals surface area contributed by atoms with E-state index in [1.54, 1.807) is 9.47 Å². The van der Waals surface area contributed by atoms with Crippen LogP contribution in [0.3, 0.4) is 0 Å². The lowest BCUT2D eigenvalue weighted by atomic mass is 10.2. The number of carbonyl (C=O) groups excluding carboxylic acids is 1. The van der Waals surface area contributed by atoms with E-state index in [1.165, 1.54) is 12.3 Å². The molecule has 1 saturated heterocycles. The van der Waals surface area contributed by atoms with Gasteiger partial charge < -0.3 is 9.47 Å². The SMILES string of the molecule is CCn1cc(S(=O)(=O)Cl)cc1C(=O)N1CCCC1C. The van der Waals surface area contributed by atoms with Crippen molar-refractivity contribution in [3.05, 3.63) is 18.0 Å². The van der Waals surface area contributed by atoms with Gasteiger partial charge in [-0.2, -0.15) is 0 Å². The second-order valence-electron chi connectivity index (χ2n) is 4.77. The van der Waals surface area contributed by atoms with Crippen LogP contribution in [0.1, 0.15) is 37.2 Å². The van der Waals surface area contributed by atoms with Gasteiger partial charge in [-0.3, -0.25) is 4.79 Å². The number of hydrogen-bond donors (Lipinski definition) is 0. The van der Waals surface area contributed by atoms with E-state index in [1.807, 2.05) is 13.8 Å². The Morgan fingerprint density at radius 2 is 2.21 bits per heavy atom. The second-order valence-corrected chi connectivity index (χ2v) is 7.34. The Hall–Kier alpha value is -1.01. The standard InChI is InChI=1S/C12H17ClN2O3S/c1-3-14-8-10(19(13,17)18)7-11(14)12(16)15-6-4-5-9(15)2/h7-9H,3-6H2,1-2H3. The molecule has 19 heavy (non-hydrogen) atoms. The highest BCUT2D eigenvalue weighted by molar-refractivity contribution is 8.13. The van der Waals surface area contributed by atoms with Gasteiger partial charge in [0.1, 0.15) is 10.6 Å². The normalized spacial score (nSPS) is 19.9. The topological polar surface area (TPSA) is 59.4 Å². The molecule has 0 radical (unpaired) electrons. The van der Waals surface area contributed by atoms with Gasteiger partial charge in [-0.05, 0) is 32.8 Å². The Labute approximate surface area is 117 Å². The van der Waals surface area contributed by atoms with Crippen LogP contribution in [0.25, 0.3) is 0 Å². The monoisotopic (exact) mass is 304 g/mol. The van der Waals surface area contributed by atoms with Crippen molar-refractivity contribution in [1.82, 2.24) is 9.47 Å². The number of rotatable bonds is 3. The molecule has 1 aromatic heterocycles. The molecule has 1 unspecified atom stereocenters. The van der Waals surface area contributed by atoms with E-state index < -0.39 is 9.05 Å². The van der Waals surface area contributed by atoms with Crippen molar-refractivity contribution in [3.8, 4) is 0 Å². The third-order valence-electron chi connectivity index (χ3n) is 3.53. The average molecular weight is 305 g/mol. The molecule has 5 nitrogen and oxygen atoms in total. The number of likely N-dealkylation sites (tertiary alicyclic amines) is 1. The highest BCUT2D eigenvalue weighted by atomic mass is 35.7. The molecule has 7 heteroatoms. The van der Waals surface area contributed by atoms with Gasteiger partial charge >= 0.3 is 0 Å². The van der Waals surface area contributed by atoms with Gasteiger partial charge in [-0.15, -0.1) is 0 Å². The first-order valence-electron chi connectivity index (χ1n) is 6.30. The van der Waals surface area contributed by atoms with Crippen LogP contribution in [0.5, 0.6) is 0 Å². The van der Waals surface area contributed by atoms with Crippen LogP contribution in [-0.4, -0.2) is 36.4 Å². The van der Waals surface area contributed by atoms with E-state index in [-0.39, 0.29) is 16.8 Å². The molecular formula is C12H17ClN2O3S. The quantitative estimate of drug-likeness (QED) is 0.803. The summed E-state index contributed by atoms with van der Waals surface area (Å²) in [6.07, 6.45) is 3.38. The summed E-state index contributed by atoms with van der Waals surface area (Å²) in [4.78, 5) is 14.2. The van der Waals surface area contributed by atoms with Crippen LogP contribution in [0.2, 0.25) is 0 Å². The molecule has 1 aliphatic heterocycles. The molecule has 0 aliphatic carbocycles. The maximum Gasteiger partial charge on any atom is 0.270 e. The van der Waals surface area contributed by atoms with Crippen LogP contribution >= 0.6 is 10.7 Å². The predicted molar refractivity (Wildman–Crippen MR) is 72.9 cm³/mol. The first kappa shape index (κ1) is 14.4. The minimum Gasteiger partial charge on any atom is -0.342 e. The van der Waals surface area contributed by atoms with Crippen LogP contribution in [0.15, 0.2) is 17.2 Å². The largest absolute Gasteiger partial charge is 0.342 e. The Bertz CT molecular complexity index is 594. The second kappa shape index (κ2) is 5.17. The molecule has 106 valence electrons. The fraction of sp³-hybridized carbons (Fsp3) is 0.583. The molecule has 2 rings (SSSR count). The molecule has 0 saturated carbocycles. The first-order chi connectivity index (χ1) is 8.84. The highest BCUT2D eigenvalue weighted by Crippen LogP contribution is 2.23. The average Bonchev–Trinajstić information content (AvgIpc) is 2.92. The molecule has 1 fully saturated rings.